The van der Waals surface area contributed by atoms with Crippen molar-refractivity contribution in [2.75, 3.05) is 26.9 Å². The average molecular weight is 253 g/mol. The third kappa shape index (κ3) is 2.72. The molecule has 0 radical (unpaired) electrons. The van der Waals surface area contributed by atoms with Gasteiger partial charge in [-0.05, 0) is 12.1 Å². The molecule has 1 aromatic carbocycles. The van der Waals surface area contributed by atoms with Crippen molar-refractivity contribution in [2.45, 2.75) is 6.10 Å². The highest BCUT2D eigenvalue weighted by molar-refractivity contribution is 6.05. The van der Waals surface area contributed by atoms with Gasteiger partial charge in [0.25, 0.3) is 0 Å². The van der Waals surface area contributed by atoms with E-state index in [0.29, 0.717) is 17.2 Å². The Morgan fingerprint density at radius 2 is 2.28 bits per heavy atom. The lowest BCUT2D eigenvalue weighted by molar-refractivity contribution is 0.0325. The van der Waals surface area contributed by atoms with Crippen molar-refractivity contribution in [1.82, 2.24) is 0 Å². The monoisotopic (exact) mass is 253 g/mol. The molecule has 1 heterocycles. The van der Waals surface area contributed by atoms with Crippen LogP contribution in [-0.2, 0) is 4.74 Å². The van der Waals surface area contributed by atoms with E-state index in [4.69, 9.17) is 19.4 Å². The van der Waals surface area contributed by atoms with Gasteiger partial charge in [0.05, 0.1) is 6.61 Å². The molecule has 6 nitrogen and oxygen atoms in total. The van der Waals surface area contributed by atoms with Crippen LogP contribution < -0.4 is 9.47 Å². The molecular formula is C12H15NO5. The van der Waals surface area contributed by atoms with Crippen LogP contribution >= 0.6 is 0 Å². The summed E-state index contributed by atoms with van der Waals surface area (Å²) in [5.74, 6) is 1.20. The fraction of sp³-hybridized carbons (Fsp3) is 0.417. The van der Waals surface area contributed by atoms with Crippen molar-refractivity contribution in [3.63, 3.8) is 0 Å². The number of ether oxygens (including phenoxy) is 3. The van der Waals surface area contributed by atoms with Gasteiger partial charge in [0, 0.05) is 18.7 Å². The van der Waals surface area contributed by atoms with Crippen molar-refractivity contribution in [3.8, 4) is 11.5 Å². The lowest BCUT2D eigenvalue weighted by Gasteiger charge is -2.11. The molecule has 0 fully saturated rings. The molecule has 2 N–H and O–H groups in total. The highest BCUT2D eigenvalue weighted by atomic mass is 16.5. The van der Waals surface area contributed by atoms with Gasteiger partial charge in [0.15, 0.2) is 0 Å². The van der Waals surface area contributed by atoms with Gasteiger partial charge >= 0.3 is 0 Å². The maximum atomic E-state index is 9.45. The summed E-state index contributed by atoms with van der Waals surface area (Å²) in [6.07, 6.45) is -0.668. The molecule has 6 heteroatoms. The fourth-order valence-electron chi connectivity index (χ4n) is 1.69. The van der Waals surface area contributed by atoms with Crippen LogP contribution in [0.1, 0.15) is 5.56 Å². The van der Waals surface area contributed by atoms with E-state index in [1.165, 1.54) is 7.11 Å². The molecule has 0 saturated heterocycles. The number of aliphatic hydroxyl groups excluding tert-OH is 1. The van der Waals surface area contributed by atoms with E-state index in [1.54, 1.807) is 18.2 Å². The van der Waals surface area contributed by atoms with Crippen LogP contribution in [0.3, 0.4) is 0 Å². The Balaban J connectivity index is 2.00. The molecule has 1 aliphatic heterocycles. The van der Waals surface area contributed by atoms with Crippen LogP contribution in [0.5, 0.6) is 11.5 Å². The van der Waals surface area contributed by atoms with Crippen LogP contribution in [-0.4, -0.2) is 49.1 Å². The maximum absolute atomic E-state index is 9.45. The summed E-state index contributed by atoms with van der Waals surface area (Å²) in [6, 6.07) is 5.20. The molecule has 2 rings (SSSR count). The van der Waals surface area contributed by atoms with E-state index in [0.717, 1.165) is 5.56 Å². The lowest BCUT2D eigenvalue weighted by Crippen LogP contribution is -2.22. The van der Waals surface area contributed by atoms with Crippen molar-refractivity contribution in [1.29, 1.82) is 0 Å². The zero-order valence-electron chi connectivity index (χ0n) is 10.00. The Kier molecular flexibility index (Phi) is 4.01. The van der Waals surface area contributed by atoms with Crippen LogP contribution in [0.2, 0.25) is 0 Å². The molecule has 1 atom stereocenters. The summed E-state index contributed by atoms with van der Waals surface area (Å²) >= 11 is 0. The molecule has 0 amide bonds. The second kappa shape index (κ2) is 5.70. The molecule has 1 aromatic rings. The van der Waals surface area contributed by atoms with E-state index < -0.39 is 6.10 Å². The third-order valence-electron chi connectivity index (χ3n) is 2.55. The molecule has 18 heavy (non-hydrogen) atoms. The zero-order chi connectivity index (χ0) is 13.0. The maximum Gasteiger partial charge on any atom is 0.134 e. The quantitative estimate of drug-likeness (QED) is 0.594. The smallest absolute Gasteiger partial charge is 0.134 e. The summed E-state index contributed by atoms with van der Waals surface area (Å²) in [6.45, 7) is 0.623. The standard InChI is InChI=1S/C12H15NO5/c1-16-5-8(14)6-17-9-2-3-10-11(13-15)7-18-12(10)4-9/h2-4,8,14-15H,5-7H2,1H3. The minimum Gasteiger partial charge on any atom is -0.491 e. The number of oxime groups is 1. The highest BCUT2D eigenvalue weighted by Gasteiger charge is 2.20. The molecule has 0 spiro atoms. The van der Waals surface area contributed by atoms with Gasteiger partial charge in [-0.2, -0.15) is 0 Å². The average Bonchev–Trinajstić information content (AvgIpc) is 2.79. The molecule has 1 aliphatic rings. The molecule has 0 bridgehead atoms. The Morgan fingerprint density at radius 3 is 3.00 bits per heavy atom. The van der Waals surface area contributed by atoms with E-state index in [-0.39, 0.29) is 19.8 Å². The number of benzene rings is 1. The number of aliphatic hydroxyl groups is 1. The molecular weight excluding hydrogens is 238 g/mol. The first kappa shape index (κ1) is 12.7. The number of hydrogen-bond donors (Lipinski definition) is 2. The molecule has 0 aliphatic carbocycles. The Morgan fingerprint density at radius 1 is 1.44 bits per heavy atom. The molecule has 98 valence electrons. The van der Waals surface area contributed by atoms with Gasteiger partial charge in [-0.3, -0.25) is 0 Å². The largest absolute Gasteiger partial charge is 0.491 e. The van der Waals surface area contributed by atoms with E-state index in [9.17, 15) is 5.11 Å². The number of fused-ring (bicyclic) bond motifs is 1. The first-order valence-electron chi connectivity index (χ1n) is 5.52. The van der Waals surface area contributed by atoms with Crippen LogP contribution in [0.4, 0.5) is 0 Å². The van der Waals surface area contributed by atoms with Gasteiger partial charge in [-0.15, -0.1) is 0 Å². The molecule has 1 unspecified atom stereocenters. The Hall–Kier alpha value is -1.79. The van der Waals surface area contributed by atoms with Gasteiger partial charge < -0.3 is 24.5 Å². The predicted molar refractivity (Wildman–Crippen MR) is 63.6 cm³/mol. The summed E-state index contributed by atoms with van der Waals surface area (Å²) in [5, 5.41) is 21.3. The molecule has 0 saturated carbocycles. The fourth-order valence-corrected chi connectivity index (χ4v) is 1.69. The van der Waals surface area contributed by atoms with E-state index in [1.807, 2.05) is 0 Å². The van der Waals surface area contributed by atoms with Crippen LogP contribution in [0, 0.1) is 0 Å². The Bertz CT molecular complexity index is 446. The minimum atomic E-state index is -0.668. The van der Waals surface area contributed by atoms with E-state index in [2.05, 4.69) is 5.16 Å². The highest BCUT2D eigenvalue weighted by Crippen LogP contribution is 2.29. The summed E-state index contributed by atoms with van der Waals surface area (Å²) in [4.78, 5) is 0. The van der Waals surface area contributed by atoms with Crippen molar-refractivity contribution in [2.24, 2.45) is 5.16 Å². The first-order valence-corrected chi connectivity index (χ1v) is 5.52. The van der Waals surface area contributed by atoms with Gasteiger partial charge in [0.1, 0.15) is 36.5 Å². The zero-order valence-corrected chi connectivity index (χ0v) is 10.00. The van der Waals surface area contributed by atoms with Crippen LogP contribution in [0.15, 0.2) is 23.4 Å². The SMILES string of the molecule is COCC(O)COc1ccc2c(c1)OCC2=NO. The predicted octanol–water partition coefficient (Wildman–Crippen LogP) is 0.643. The van der Waals surface area contributed by atoms with Gasteiger partial charge in [0.2, 0.25) is 0 Å². The summed E-state index contributed by atoms with van der Waals surface area (Å²) in [7, 11) is 1.52. The first-order chi connectivity index (χ1) is 8.74. The van der Waals surface area contributed by atoms with Crippen molar-refractivity contribution >= 4 is 5.71 Å². The summed E-state index contributed by atoms with van der Waals surface area (Å²) in [5.41, 5.74) is 1.25. The normalized spacial score (nSPS) is 17.3. The Labute approximate surface area is 104 Å². The number of nitrogens with zero attached hydrogens (tertiary/aromatic N) is 1. The van der Waals surface area contributed by atoms with E-state index >= 15 is 0 Å². The lowest BCUT2D eigenvalue weighted by atomic mass is 10.1. The number of hydrogen-bond acceptors (Lipinski definition) is 6. The number of methoxy groups -OCH3 is 1. The van der Waals surface area contributed by atoms with Crippen molar-refractivity contribution in [3.05, 3.63) is 23.8 Å². The molecule has 0 aromatic heterocycles. The van der Waals surface area contributed by atoms with Gasteiger partial charge in [-0.1, -0.05) is 5.16 Å². The second-order valence-electron chi connectivity index (χ2n) is 3.91. The van der Waals surface area contributed by atoms with Gasteiger partial charge in [-0.25, -0.2) is 0 Å². The van der Waals surface area contributed by atoms with Crippen molar-refractivity contribution < 1.29 is 24.5 Å². The van der Waals surface area contributed by atoms with Crippen LogP contribution in [0.25, 0.3) is 0 Å². The topological polar surface area (TPSA) is 80.5 Å². The second-order valence-corrected chi connectivity index (χ2v) is 3.91. The summed E-state index contributed by atoms with van der Waals surface area (Å²) < 4.78 is 15.5. The minimum absolute atomic E-state index is 0.146. The number of rotatable bonds is 5. The third-order valence-corrected chi connectivity index (χ3v) is 2.55.